The van der Waals surface area contributed by atoms with Crippen LogP contribution in [-0.2, 0) is 6.54 Å². The molecule has 0 aliphatic heterocycles. The van der Waals surface area contributed by atoms with Crippen molar-refractivity contribution < 1.29 is 4.74 Å². The molecular weight excluding hydrogens is 214 g/mol. The summed E-state index contributed by atoms with van der Waals surface area (Å²) >= 11 is 0. The molecule has 17 heavy (non-hydrogen) atoms. The van der Waals surface area contributed by atoms with Crippen LogP contribution in [0.2, 0.25) is 0 Å². The smallest absolute Gasteiger partial charge is 0.149 e. The highest BCUT2D eigenvalue weighted by Crippen LogP contribution is 2.20. The minimum Gasteiger partial charge on any atom is -0.496 e. The summed E-state index contributed by atoms with van der Waals surface area (Å²) in [5.41, 5.74) is 7.51. The molecule has 0 aliphatic rings. The summed E-state index contributed by atoms with van der Waals surface area (Å²) in [6, 6.07) is 11.5. The molecule has 1 aromatic carbocycles. The second kappa shape index (κ2) is 5.21. The molecule has 0 saturated carbocycles. The third-order valence-electron chi connectivity index (χ3n) is 2.48. The Kier molecular flexibility index (Phi) is 3.45. The first-order valence-corrected chi connectivity index (χ1v) is 5.37. The average molecular weight is 229 g/mol. The summed E-state index contributed by atoms with van der Waals surface area (Å²) in [5.74, 6) is 1.55. The number of hydrogen-bond donors (Lipinski definition) is 2. The van der Waals surface area contributed by atoms with Gasteiger partial charge in [-0.3, -0.25) is 0 Å². The number of benzene rings is 1. The van der Waals surface area contributed by atoms with E-state index in [9.17, 15) is 0 Å². The molecule has 0 spiro atoms. The number of para-hydroxylation sites is 1. The summed E-state index contributed by atoms with van der Waals surface area (Å²) in [6.45, 7) is 0.630. The van der Waals surface area contributed by atoms with Crippen LogP contribution in [0, 0.1) is 0 Å². The Morgan fingerprint density at radius 3 is 2.82 bits per heavy atom. The van der Waals surface area contributed by atoms with Gasteiger partial charge in [-0.05, 0) is 18.2 Å². The Bertz CT molecular complexity index is 500. The number of nitrogens with one attached hydrogen (secondary N) is 1. The van der Waals surface area contributed by atoms with E-state index in [-0.39, 0.29) is 0 Å². The lowest BCUT2D eigenvalue weighted by Gasteiger charge is -2.10. The topological polar surface area (TPSA) is 60.2 Å². The van der Waals surface area contributed by atoms with Crippen LogP contribution in [0.15, 0.2) is 42.6 Å². The fourth-order valence-electron chi connectivity index (χ4n) is 1.59. The molecule has 2 aromatic rings. The number of ether oxygens (including phenoxy) is 1. The molecule has 0 amide bonds. The van der Waals surface area contributed by atoms with Crippen LogP contribution < -0.4 is 15.8 Å². The van der Waals surface area contributed by atoms with E-state index in [0.717, 1.165) is 11.3 Å². The zero-order valence-electron chi connectivity index (χ0n) is 9.68. The van der Waals surface area contributed by atoms with Crippen LogP contribution in [0.5, 0.6) is 5.75 Å². The number of nitrogens with zero attached hydrogens (tertiary/aromatic N) is 1. The van der Waals surface area contributed by atoms with Gasteiger partial charge in [-0.1, -0.05) is 18.2 Å². The predicted octanol–water partition coefficient (Wildman–Crippen LogP) is 2.28. The highest BCUT2D eigenvalue weighted by Gasteiger charge is 2.03. The second-order valence-electron chi connectivity index (χ2n) is 3.61. The van der Waals surface area contributed by atoms with Crippen molar-refractivity contribution in [2.75, 3.05) is 18.2 Å². The summed E-state index contributed by atoms with van der Waals surface area (Å²) in [4.78, 5) is 4.17. The zero-order valence-corrected chi connectivity index (χ0v) is 9.68. The van der Waals surface area contributed by atoms with Gasteiger partial charge in [0.05, 0.1) is 12.8 Å². The molecule has 1 aromatic heterocycles. The van der Waals surface area contributed by atoms with Crippen LogP contribution in [0.4, 0.5) is 11.5 Å². The Morgan fingerprint density at radius 2 is 2.06 bits per heavy atom. The van der Waals surface area contributed by atoms with Crippen molar-refractivity contribution in [2.24, 2.45) is 0 Å². The van der Waals surface area contributed by atoms with E-state index < -0.39 is 0 Å². The molecule has 0 bridgehead atoms. The van der Waals surface area contributed by atoms with Crippen LogP contribution in [0.3, 0.4) is 0 Å². The molecule has 0 fully saturated rings. The number of pyridine rings is 1. The summed E-state index contributed by atoms with van der Waals surface area (Å²) in [6.07, 6.45) is 1.71. The molecule has 0 radical (unpaired) electrons. The first-order valence-electron chi connectivity index (χ1n) is 5.37. The number of hydrogen-bond acceptors (Lipinski definition) is 4. The van der Waals surface area contributed by atoms with Gasteiger partial charge >= 0.3 is 0 Å². The van der Waals surface area contributed by atoms with E-state index in [1.54, 1.807) is 13.3 Å². The molecule has 1 heterocycles. The SMILES string of the molecule is COc1ccccc1CNc1ncccc1N. The molecule has 2 rings (SSSR count). The number of rotatable bonds is 4. The molecule has 0 saturated heterocycles. The Morgan fingerprint density at radius 1 is 1.24 bits per heavy atom. The molecule has 0 unspecified atom stereocenters. The van der Waals surface area contributed by atoms with Gasteiger partial charge in [0.15, 0.2) is 0 Å². The molecule has 88 valence electrons. The first-order chi connectivity index (χ1) is 8.31. The third kappa shape index (κ3) is 2.66. The zero-order chi connectivity index (χ0) is 12.1. The fraction of sp³-hybridized carbons (Fsp3) is 0.154. The normalized spacial score (nSPS) is 9.94. The van der Waals surface area contributed by atoms with Crippen molar-refractivity contribution >= 4 is 11.5 Å². The van der Waals surface area contributed by atoms with Crippen molar-refractivity contribution in [3.63, 3.8) is 0 Å². The standard InChI is InChI=1S/C13H15N3O/c1-17-12-7-3-2-5-10(12)9-16-13-11(14)6-4-8-15-13/h2-8H,9,14H2,1H3,(H,15,16). The number of methoxy groups -OCH3 is 1. The molecule has 0 aliphatic carbocycles. The fourth-order valence-corrected chi connectivity index (χ4v) is 1.59. The minimum atomic E-state index is 0.630. The molecule has 0 atom stereocenters. The molecular formula is C13H15N3O. The third-order valence-corrected chi connectivity index (χ3v) is 2.48. The second-order valence-corrected chi connectivity index (χ2v) is 3.61. The lowest BCUT2D eigenvalue weighted by Crippen LogP contribution is -2.05. The Hall–Kier alpha value is -2.23. The minimum absolute atomic E-state index is 0.630. The van der Waals surface area contributed by atoms with Gasteiger partial charge in [0.2, 0.25) is 0 Å². The van der Waals surface area contributed by atoms with Crippen molar-refractivity contribution in [3.8, 4) is 5.75 Å². The van der Waals surface area contributed by atoms with E-state index in [4.69, 9.17) is 10.5 Å². The van der Waals surface area contributed by atoms with Gasteiger partial charge in [0.1, 0.15) is 11.6 Å². The number of aromatic nitrogens is 1. The largest absolute Gasteiger partial charge is 0.496 e. The van der Waals surface area contributed by atoms with Crippen LogP contribution in [0.1, 0.15) is 5.56 Å². The van der Waals surface area contributed by atoms with Gasteiger partial charge in [0.25, 0.3) is 0 Å². The molecule has 4 heteroatoms. The van der Waals surface area contributed by atoms with Gasteiger partial charge < -0.3 is 15.8 Å². The van der Waals surface area contributed by atoms with E-state index in [1.165, 1.54) is 0 Å². The van der Waals surface area contributed by atoms with Crippen LogP contribution in [0.25, 0.3) is 0 Å². The van der Waals surface area contributed by atoms with Gasteiger partial charge in [-0.25, -0.2) is 4.98 Å². The highest BCUT2D eigenvalue weighted by molar-refractivity contribution is 5.60. The van der Waals surface area contributed by atoms with E-state index in [0.29, 0.717) is 18.1 Å². The average Bonchev–Trinajstić information content (AvgIpc) is 2.38. The maximum absolute atomic E-state index is 5.80. The highest BCUT2D eigenvalue weighted by atomic mass is 16.5. The van der Waals surface area contributed by atoms with Crippen LogP contribution in [-0.4, -0.2) is 12.1 Å². The van der Waals surface area contributed by atoms with E-state index in [2.05, 4.69) is 10.3 Å². The van der Waals surface area contributed by atoms with Crippen molar-refractivity contribution in [1.29, 1.82) is 0 Å². The maximum Gasteiger partial charge on any atom is 0.149 e. The summed E-state index contributed by atoms with van der Waals surface area (Å²) in [7, 11) is 1.66. The monoisotopic (exact) mass is 229 g/mol. The van der Waals surface area contributed by atoms with Crippen molar-refractivity contribution in [2.45, 2.75) is 6.54 Å². The van der Waals surface area contributed by atoms with Crippen LogP contribution >= 0.6 is 0 Å². The number of nitrogens with two attached hydrogens (primary N) is 1. The molecule has 3 N–H and O–H groups in total. The number of anilines is 2. The summed E-state index contributed by atoms with van der Waals surface area (Å²) in [5, 5.41) is 3.19. The molecule has 4 nitrogen and oxygen atoms in total. The van der Waals surface area contributed by atoms with Gasteiger partial charge in [-0.15, -0.1) is 0 Å². The Labute approximate surface area is 100 Å². The Balaban J connectivity index is 2.10. The quantitative estimate of drug-likeness (QED) is 0.844. The maximum atomic E-state index is 5.80. The summed E-state index contributed by atoms with van der Waals surface area (Å²) < 4.78 is 5.27. The number of nitrogen functional groups attached to an aromatic ring is 1. The lowest BCUT2D eigenvalue weighted by molar-refractivity contribution is 0.410. The van der Waals surface area contributed by atoms with E-state index in [1.807, 2.05) is 36.4 Å². The van der Waals surface area contributed by atoms with E-state index >= 15 is 0 Å². The predicted molar refractivity (Wildman–Crippen MR) is 69.0 cm³/mol. The van der Waals surface area contributed by atoms with Crippen molar-refractivity contribution in [3.05, 3.63) is 48.2 Å². The first kappa shape index (κ1) is 11.3. The van der Waals surface area contributed by atoms with Gasteiger partial charge in [0, 0.05) is 18.3 Å². The lowest BCUT2D eigenvalue weighted by atomic mass is 10.2. The van der Waals surface area contributed by atoms with Crippen molar-refractivity contribution in [1.82, 2.24) is 4.98 Å². The van der Waals surface area contributed by atoms with Gasteiger partial charge in [-0.2, -0.15) is 0 Å².